The smallest absolute Gasteiger partial charge is 0.191 e. The van der Waals surface area contributed by atoms with Crippen molar-refractivity contribution in [1.82, 2.24) is 25.4 Å². The maximum absolute atomic E-state index is 6.22. The van der Waals surface area contributed by atoms with E-state index in [1.165, 1.54) is 10.4 Å². The Kier molecular flexibility index (Phi) is 8.35. The molecule has 0 bridgehead atoms. The fourth-order valence-corrected chi connectivity index (χ4v) is 4.36. The van der Waals surface area contributed by atoms with Crippen LogP contribution in [-0.2, 0) is 25.4 Å². The second-order valence-corrected chi connectivity index (χ2v) is 9.26. The summed E-state index contributed by atoms with van der Waals surface area (Å²) in [6.45, 7) is 4.08. The van der Waals surface area contributed by atoms with Gasteiger partial charge in [-0.25, -0.2) is 4.99 Å². The molecule has 0 spiro atoms. The zero-order valence-electron chi connectivity index (χ0n) is 17.8. The average molecular weight is 571 g/mol. The molecular formula is C22H28ClIN6S. The number of halogens is 2. The van der Waals surface area contributed by atoms with Crippen LogP contribution in [0.2, 0.25) is 5.02 Å². The van der Waals surface area contributed by atoms with E-state index >= 15 is 0 Å². The third kappa shape index (κ3) is 6.20. The number of hydrogen-bond donors (Lipinski definition) is 2. The van der Waals surface area contributed by atoms with E-state index in [0.717, 1.165) is 55.0 Å². The van der Waals surface area contributed by atoms with Gasteiger partial charge in [0.05, 0.1) is 0 Å². The molecule has 0 unspecified atom stereocenters. The van der Waals surface area contributed by atoms with E-state index in [1.807, 2.05) is 30.7 Å². The first-order valence-electron chi connectivity index (χ1n) is 10.2. The molecule has 2 N–H and O–H groups in total. The number of nitrogens with zero attached hydrogens (tertiary/aromatic N) is 4. The van der Waals surface area contributed by atoms with Crippen molar-refractivity contribution in [2.45, 2.75) is 38.1 Å². The Bertz CT molecular complexity index is 1010. The highest BCUT2D eigenvalue weighted by Gasteiger charge is 2.44. The van der Waals surface area contributed by atoms with Crippen LogP contribution in [0.3, 0.4) is 0 Å². The largest absolute Gasteiger partial charge is 0.356 e. The van der Waals surface area contributed by atoms with Crippen molar-refractivity contribution in [1.29, 1.82) is 0 Å². The molecule has 1 aliphatic rings. The third-order valence-electron chi connectivity index (χ3n) is 5.69. The highest BCUT2D eigenvalue weighted by atomic mass is 127. The fourth-order valence-electron chi connectivity index (χ4n) is 3.46. The maximum Gasteiger partial charge on any atom is 0.191 e. The zero-order chi connectivity index (χ0) is 21.0. The summed E-state index contributed by atoms with van der Waals surface area (Å²) in [4.78, 5) is 6.14. The SMILES string of the molecule is Cc1nnc(CN=C(NCCc2cccs2)NCC2(c3cccc(Cl)c3)CC2)n1C.I. The van der Waals surface area contributed by atoms with Gasteiger partial charge in [-0.2, -0.15) is 0 Å². The summed E-state index contributed by atoms with van der Waals surface area (Å²) in [7, 11) is 1.97. The van der Waals surface area contributed by atoms with Crippen molar-refractivity contribution >= 4 is 52.9 Å². The summed E-state index contributed by atoms with van der Waals surface area (Å²) < 4.78 is 1.97. The van der Waals surface area contributed by atoms with E-state index in [-0.39, 0.29) is 29.4 Å². The minimum atomic E-state index is 0. The van der Waals surface area contributed by atoms with E-state index in [9.17, 15) is 0 Å². The molecule has 1 saturated carbocycles. The second kappa shape index (κ2) is 10.8. The minimum Gasteiger partial charge on any atom is -0.356 e. The Labute approximate surface area is 209 Å². The Hall–Kier alpha value is -1.65. The summed E-state index contributed by atoms with van der Waals surface area (Å²) in [6.07, 6.45) is 3.29. The van der Waals surface area contributed by atoms with Gasteiger partial charge in [-0.15, -0.1) is 45.5 Å². The first-order valence-corrected chi connectivity index (χ1v) is 11.5. The summed E-state index contributed by atoms with van der Waals surface area (Å²) >= 11 is 8.00. The molecule has 9 heteroatoms. The molecule has 1 aliphatic carbocycles. The molecule has 0 radical (unpaired) electrons. The number of aryl methyl sites for hydroxylation is 1. The van der Waals surface area contributed by atoms with E-state index in [0.29, 0.717) is 6.54 Å². The van der Waals surface area contributed by atoms with Crippen molar-refractivity contribution in [2.24, 2.45) is 12.0 Å². The maximum atomic E-state index is 6.22. The van der Waals surface area contributed by atoms with Crippen molar-refractivity contribution in [2.75, 3.05) is 13.1 Å². The van der Waals surface area contributed by atoms with E-state index in [4.69, 9.17) is 16.6 Å². The molecule has 6 nitrogen and oxygen atoms in total. The van der Waals surface area contributed by atoms with Crippen LogP contribution in [0.15, 0.2) is 46.8 Å². The number of aliphatic imine (C=N–C) groups is 1. The summed E-state index contributed by atoms with van der Waals surface area (Å²) in [6, 6.07) is 12.5. The number of guanidine groups is 1. The van der Waals surface area contributed by atoms with Crippen LogP contribution >= 0.6 is 46.9 Å². The predicted octanol–water partition coefficient (Wildman–Crippen LogP) is 4.47. The van der Waals surface area contributed by atoms with Crippen LogP contribution in [0, 0.1) is 6.92 Å². The third-order valence-corrected chi connectivity index (χ3v) is 6.86. The Balaban J connectivity index is 0.00000272. The number of thiophene rings is 1. The van der Waals surface area contributed by atoms with Gasteiger partial charge >= 0.3 is 0 Å². The molecule has 166 valence electrons. The van der Waals surface area contributed by atoms with Gasteiger partial charge in [0.25, 0.3) is 0 Å². The standard InChI is InChI=1S/C22H27ClN6S.HI/c1-16-27-28-20(29(16)2)14-25-21(24-11-8-19-7-4-12-30-19)26-15-22(9-10-22)17-5-3-6-18(23)13-17;/h3-7,12-13H,8-11,14-15H2,1-2H3,(H2,24,25,26);1H. The van der Waals surface area contributed by atoms with Gasteiger partial charge in [0.15, 0.2) is 11.8 Å². The topological polar surface area (TPSA) is 67.1 Å². The monoisotopic (exact) mass is 570 g/mol. The van der Waals surface area contributed by atoms with Gasteiger partial charge in [0, 0.05) is 35.5 Å². The first-order chi connectivity index (χ1) is 14.6. The molecule has 4 rings (SSSR count). The lowest BCUT2D eigenvalue weighted by molar-refractivity contribution is 0.642. The molecule has 0 aliphatic heterocycles. The van der Waals surface area contributed by atoms with E-state index in [1.54, 1.807) is 11.3 Å². The molecule has 0 atom stereocenters. The van der Waals surface area contributed by atoms with Gasteiger partial charge in [0.2, 0.25) is 0 Å². The van der Waals surface area contributed by atoms with Crippen molar-refractivity contribution in [3.8, 4) is 0 Å². The predicted molar refractivity (Wildman–Crippen MR) is 139 cm³/mol. The quantitative estimate of drug-likeness (QED) is 0.238. The summed E-state index contributed by atoms with van der Waals surface area (Å²) in [5.74, 6) is 2.54. The molecule has 1 fully saturated rings. The Morgan fingerprint density at radius 3 is 2.71 bits per heavy atom. The highest BCUT2D eigenvalue weighted by Crippen LogP contribution is 2.48. The molecule has 2 heterocycles. The average Bonchev–Trinajstić information content (AvgIpc) is 3.23. The Morgan fingerprint density at radius 2 is 2.06 bits per heavy atom. The van der Waals surface area contributed by atoms with Crippen LogP contribution in [0.1, 0.15) is 34.9 Å². The molecular weight excluding hydrogens is 543 g/mol. The Morgan fingerprint density at radius 1 is 1.23 bits per heavy atom. The van der Waals surface area contributed by atoms with Gasteiger partial charge in [-0.05, 0) is 55.3 Å². The number of rotatable bonds is 8. The normalized spacial score (nSPS) is 14.7. The lowest BCUT2D eigenvalue weighted by atomic mass is 9.96. The number of hydrogen-bond acceptors (Lipinski definition) is 4. The van der Waals surface area contributed by atoms with Crippen molar-refractivity contribution in [3.05, 3.63) is 68.9 Å². The molecule has 0 saturated heterocycles. The number of benzene rings is 1. The first kappa shape index (κ1) is 24.0. The highest BCUT2D eigenvalue weighted by molar-refractivity contribution is 14.0. The molecule has 0 amide bonds. The van der Waals surface area contributed by atoms with Crippen LogP contribution in [0.5, 0.6) is 0 Å². The van der Waals surface area contributed by atoms with Crippen LogP contribution < -0.4 is 10.6 Å². The fraction of sp³-hybridized carbons (Fsp3) is 0.409. The lowest BCUT2D eigenvalue weighted by Crippen LogP contribution is -2.42. The molecule has 1 aromatic carbocycles. The molecule has 2 aromatic heterocycles. The van der Waals surface area contributed by atoms with Crippen LogP contribution in [-0.4, -0.2) is 33.8 Å². The number of aromatic nitrogens is 3. The van der Waals surface area contributed by atoms with Gasteiger partial charge in [-0.3, -0.25) is 0 Å². The van der Waals surface area contributed by atoms with Crippen molar-refractivity contribution in [3.63, 3.8) is 0 Å². The minimum absolute atomic E-state index is 0. The van der Waals surface area contributed by atoms with Crippen molar-refractivity contribution < 1.29 is 0 Å². The van der Waals surface area contributed by atoms with Gasteiger partial charge in [-0.1, -0.05) is 29.8 Å². The summed E-state index contributed by atoms with van der Waals surface area (Å²) in [5, 5.41) is 18.3. The van der Waals surface area contributed by atoms with Crippen LogP contribution in [0.25, 0.3) is 0 Å². The number of nitrogens with one attached hydrogen (secondary N) is 2. The van der Waals surface area contributed by atoms with E-state index in [2.05, 4.69) is 50.5 Å². The van der Waals surface area contributed by atoms with Gasteiger partial charge in [0.1, 0.15) is 12.4 Å². The lowest BCUT2D eigenvalue weighted by Gasteiger charge is -2.19. The molecule has 31 heavy (non-hydrogen) atoms. The second-order valence-electron chi connectivity index (χ2n) is 7.79. The van der Waals surface area contributed by atoms with E-state index < -0.39 is 0 Å². The summed E-state index contributed by atoms with van der Waals surface area (Å²) in [5.41, 5.74) is 1.44. The zero-order valence-corrected chi connectivity index (χ0v) is 21.7. The van der Waals surface area contributed by atoms with Crippen LogP contribution in [0.4, 0.5) is 0 Å². The van der Waals surface area contributed by atoms with Gasteiger partial charge < -0.3 is 15.2 Å². The molecule has 3 aromatic rings.